The number of amides is 1. The van der Waals surface area contributed by atoms with Crippen molar-refractivity contribution in [3.63, 3.8) is 0 Å². The highest BCUT2D eigenvalue weighted by Crippen LogP contribution is 2.31. The van der Waals surface area contributed by atoms with Gasteiger partial charge in [-0.05, 0) is 48.8 Å². The van der Waals surface area contributed by atoms with Gasteiger partial charge in [0.2, 0.25) is 5.91 Å². The fourth-order valence-electron chi connectivity index (χ4n) is 4.29. The second-order valence-electron chi connectivity index (χ2n) is 7.97. The molecule has 3 rings (SSSR count). The average molecular weight is 351 g/mol. The van der Waals surface area contributed by atoms with Gasteiger partial charge in [0.05, 0.1) is 0 Å². The average Bonchev–Trinajstić information content (AvgIpc) is 2.59. The van der Waals surface area contributed by atoms with Crippen LogP contribution in [0.15, 0.2) is 48.5 Å². The number of carbonyl (C=O) groups excluding carboxylic acids is 1. The van der Waals surface area contributed by atoms with Crippen molar-refractivity contribution in [2.75, 3.05) is 18.4 Å². The van der Waals surface area contributed by atoms with Crippen LogP contribution in [0, 0.1) is 25.7 Å². The van der Waals surface area contributed by atoms with E-state index in [-0.39, 0.29) is 11.9 Å². The topological polar surface area (TPSA) is 32.3 Å². The molecule has 3 atom stereocenters. The first-order valence-corrected chi connectivity index (χ1v) is 9.61. The van der Waals surface area contributed by atoms with Gasteiger partial charge in [0.1, 0.15) is 6.04 Å². The van der Waals surface area contributed by atoms with Gasteiger partial charge in [-0.1, -0.05) is 62.4 Å². The molecule has 0 aliphatic carbocycles. The molecule has 0 unspecified atom stereocenters. The molecule has 1 amide bonds. The highest BCUT2D eigenvalue weighted by molar-refractivity contribution is 5.96. The number of likely N-dealkylation sites (tertiary alicyclic amines) is 1. The van der Waals surface area contributed by atoms with Crippen molar-refractivity contribution < 1.29 is 4.79 Å². The van der Waals surface area contributed by atoms with Crippen LogP contribution in [0.4, 0.5) is 5.69 Å². The first-order valence-electron chi connectivity index (χ1n) is 9.61. The fraction of sp³-hybridized carbons (Fsp3) is 0.435. The number of piperidine rings is 1. The monoisotopic (exact) mass is 350 g/mol. The van der Waals surface area contributed by atoms with Crippen molar-refractivity contribution in [1.29, 1.82) is 0 Å². The molecule has 2 aromatic rings. The normalized spacial score (nSPS) is 22.0. The second-order valence-corrected chi connectivity index (χ2v) is 7.97. The zero-order valence-corrected chi connectivity index (χ0v) is 16.3. The molecule has 0 saturated carbocycles. The van der Waals surface area contributed by atoms with Crippen molar-refractivity contribution in [3.05, 3.63) is 65.2 Å². The van der Waals surface area contributed by atoms with Crippen molar-refractivity contribution in [2.45, 2.75) is 40.2 Å². The summed E-state index contributed by atoms with van der Waals surface area (Å²) in [6.07, 6.45) is 1.23. The van der Waals surface area contributed by atoms with Gasteiger partial charge in [-0.2, -0.15) is 0 Å². The Balaban J connectivity index is 1.91. The lowest BCUT2D eigenvalue weighted by Crippen LogP contribution is -2.45. The van der Waals surface area contributed by atoms with Crippen LogP contribution in [0.1, 0.15) is 43.0 Å². The van der Waals surface area contributed by atoms with Crippen LogP contribution in [0.5, 0.6) is 0 Å². The van der Waals surface area contributed by atoms with Crippen molar-refractivity contribution in [2.24, 2.45) is 11.8 Å². The highest BCUT2D eigenvalue weighted by atomic mass is 16.2. The van der Waals surface area contributed by atoms with Gasteiger partial charge < -0.3 is 5.32 Å². The molecule has 3 heteroatoms. The zero-order chi connectivity index (χ0) is 18.7. The number of nitrogens with zero attached hydrogens (tertiary/aromatic N) is 1. The summed E-state index contributed by atoms with van der Waals surface area (Å²) in [4.78, 5) is 15.7. The van der Waals surface area contributed by atoms with Gasteiger partial charge in [-0.25, -0.2) is 0 Å². The fourth-order valence-corrected chi connectivity index (χ4v) is 4.29. The van der Waals surface area contributed by atoms with Crippen molar-refractivity contribution in [3.8, 4) is 0 Å². The lowest BCUT2D eigenvalue weighted by atomic mass is 9.89. The van der Waals surface area contributed by atoms with Crippen LogP contribution in [0.2, 0.25) is 0 Å². The van der Waals surface area contributed by atoms with Crippen LogP contribution in [0.3, 0.4) is 0 Å². The first kappa shape index (κ1) is 18.7. The number of para-hydroxylation sites is 1. The molecule has 1 aliphatic rings. The van der Waals surface area contributed by atoms with Crippen LogP contribution in [-0.4, -0.2) is 23.9 Å². The molecule has 1 fully saturated rings. The molecule has 0 spiro atoms. The minimum Gasteiger partial charge on any atom is -0.324 e. The van der Waals surface area contributed by atoms with E-state index in [1.165, 1.54) is 6.42 Å². The predicted octanol–water partition coefficient (Wildman–Crippen LogP) is 4.96. The van der Waals surface area contributed by atoms with Gasteiger partial charge in [0.15, 0.2) is 0 Å². The number of rotatable bonds is 4. The van der Waals surface area contributed by atoms with E-state index in [1.54, 1.807) is 0 Å². The van der Waals surface area contributed by atoms with E-state index in [0.29, 0.717) is 11.8 Å². The third-order valence-electron chi connectivity index (χ3n) is 5.36. The van der Waals surface area contributed by atoms with Gasteiger partial charge in [0, 0.05) is 18.8 Å². The van der Waals surface area contributed by atoms with E-state index >= 15 is 0 Å². The van der Waals surface area contributed by atoms with Gasteiger partial charge in [0.25, 0.3) is 0 Å². The Kier molecular flexibility index (Phi) is 5.77. The number of aryl methyl sites for hydroxylation is 2. The largest absolute Gasteiger partial charge is 0.324 e. The maximum absolute atomic E-state index is 13.4. The molecule has 3 nitrogen and oxygen atoms in total. The summed E-state index contributed by atoms with van der Waals surface area (Å²) in [5, 5.41) is 3.22. The summed E-state index contributed by atoms with van der Waals surface area (Å²) in [7, 11) is 0. The number of benzene rings is 2. The Morgan fingerprint density at radius 1 is 0.962 bits per heavy atom. The summed E-state index contributed by atoms with van der Waals surface area (Å²) in [5.41, 5.74) is 4.21. The quantitative estimate of drug-likeness (QED) is 0.845. The van der Waals surface area contributed by atoms with E-state index < -0.39 is 0 Å². The summed E-state index contributed by atoms with van der Waals surface area (Å²) >= 11 is 0. The molecule has 0 bridgehead atoms. The summed E-state index contributed by atoms with van der Waals surface area (Å²) in [5.74, 6) is 1.28. The summed E-state index contributed by atoms with van der Waals surface area (Å²) in [6.45, 7) is 10.6. The molecule has 2 aromatic carbocycles. The molecule has 26 heavy (non-hydrogen) atoms. The molecule has 1 heterocycles. The highest BCUT2D eigenvalue weighted by Gasteiger charge is 2.33. The van der Waals surface area contributed by atoms with E-state index in [2.05, 4.69) is 36.2 Å². The molecular formula is C23H30N2O. The first-order chi connectivity index (χ1) is 12.5. The minimum absolute atomic E-state index is 0.0647. The molecule has 1 N–H and O–H groups in total. The Bertz CT molecular complexity index is 726. The third-order valence-corrected chi connectivity index (χ3v) is 5.36. The van der Waals surface area contributed by atoms with Crippen LogP contribution >= 0.6 is 0 Å². The molecule has 0 aromatic heterocycles. The van der Waals surface area contributed by atoms with E-state index in [4.69, 9.17) is 0 Å². The smallest absolute Gasteiger partial charge is 0.246 e. The van der Waals surface area contributed by atoms with E-state index in [0.717, 1.165) is 35.5 Å². The summed E-state index contributed by atoms with van der Waals surface area (Å²) < 4.78 is 0. The Morgan fingerprint density at radius 3 is 2.12 bits per heavy atom. The zero-order valence-electron chi connectivity index (χ0n) is 16.3. The third kappa shape index (κ3) is 4.16. The van der Waals surface area contributed by atoms with Crippen molar-refractivity contribution >= 4 is 11.6 Å². The maximum Gasteiger partial charge on any atom is 0.246 e. The number of anilines is 1. The molecular weight excluding hydrogens is 320 g/mol. The Morgan fingerprint density at radius 2 is 1.54 bits per heavy atom. The Labute approximate surface area is 157 Å². The molecule has 138 valence electrons. The SMILES string of the molecule is Cc1cccc(C)c1NC(=O)[C@H](c1ccccc1)N1C[C@H](C)C[C@@H](C)C1. The number of hydrogen-bond acceptors (Lipinski definition) is 2. The molecule has 1 saturated heterocycles. The lowest BCUT2D eigenvalue weighted by Gasteiger charge is -2.39. The standard InChI is InChI=1S/C23H30N2O/c1-16-13-17(2)15-25(14-16)22(20-11-6-5-7-12-20)23(26)24-21-18(3)9-8-10-19(21)4/h5-12,16-17,22H,13-15H2,1-4H3,(H,24,26)/t16-,17-,22+/m1/s1. The van der Waals surface area contributed by atoms with Gasteiger partial charge >= 0.3 is 0 Å². The number of hydrogen-bond donors (Lipinski definition) is 1. The van der Waals surface area contributed by atoms with Gasteiger partial charge in [-0.3, -0.25) is 9.69 Å². The number of carbonyl (C=O) groups is 1. The molecule has 0 radical (unpaired) electrons. The van der Waals surface area contributed by atoms with E-state index in [1.807, 2.05) is 50.2 Å². The lowest BCUT2D eigenvalue weighted by molar-refractivity contribution is -0.122. The van der Waals surface area contributed by atoms with Gasteiger partial charge in [-0.15, -0.1) is 0 Å². The minimum atomic E-state index is -0.250. The van der Waals surface area contributed by atoms with Crippen LogP contribution in [0.25, 0.3) is 0 Å². The predicted molar refractivity (Wildman–Crippen MR) is 108 cm³/mol. The maximum atomic E-state index is 13.4. The number of nitrogens with one attached hydrogen (secondary N) is 1. The van der Waals surface area contributed by atoms with Crippen molar-refractivity contribution in [1.82, 2.24) is 4.90 Å². The van der Waals surface area contributed by atoms with Crippen LogP contribution < -0.4 is 5.32 Å². The molecule has 1 aliphatic heterocycles. The second kappa shape index (κ2) is 8.05. The van der Waals surface area contributed by atoms with E-state index in [9.17, 15) is 4.79 Å². The Hall–Kier alpha value is -2.13. The van der Waals surface area contributed by atoms with Crippen LogP contribution in [-0.2, 0) is 4.79 Å². The summed E-state index contributed by atoms with van der Waals surface area (Å²) in [6, 6.07) is 16.1.